The quantitative estimate of drug-likeness (QED) is 0.400. The highest BCUT2D eigenvalue weighted by atomic mass is 32.2. The SMILES string of the molecule is Cc1ccc(NC(=O)CN(CCc2ccc(S(N)(=O)=O)cc2)CC(=O)Nc2ccc(C)cc2)cc1. The van der Waals surface area contributed by atoms with Gasteiger partial charge in [-0.25, -0.2) is 13.6 Å². The number of benzene rings is 3. The van der Waals surface area contributed by atoms with Crippen molar-refractivity contribution in [1.82, 2.24) is 4.90 Å². The van der Waals surface area contributed by atoms with E-state index in [-0.39, 0.29) is 29.8 Å². The Balaban J connectivity index is 1.65. The first kappa shape index (κ1) is 26.1. The molecule has 3 aromatic carbocycles. The Labute approximate surface area is 206 Å². The number of rotatable bonds is 10. The van der Waals surface area contributed by atoms with Gasteiger partial charge in [0, 0.05) is 17.9 Å². The number of hydrogen-bond donors (Lipinski definition) is 3. The van der Waals surface area contributed by atoms with Crippen LogP contribution in [0.4, 0.5) is 11.4 Å². The Morgan fingerprint density at radius 1 is 0.743 bits per heavy atom. The van der Waals surface area contributed by atoms with Crippen molar-refractivity contribution in [1.29, 1.82) is 0 Å². The van der Waals surface area contributed by atoms with E-state index in [1.807, 2.05) is 62.4 Å². The summed E-state index contributed by atoms with van der Waals surface area (Å²) in [5.74, 6) is -0.469. The second kappa shape index (κ2) is 11.7. The van der Waals surface area contributed by atoms with Crippen molar-refractivity contribution < 1.29 is 18.0 Å². The molecule has 0 aliphatic carbocycles. The zero-order chi connectivity index (χ0) is 25.4. The summed E-state index contributed by atoms with van der Waals surface area (Å²) in [4.78, 5) is 27.2. The van der Waals surface area contributed by atoms with Crippen molar-refractivity contribution in [3.8, 4) is 0 Å². The maximum absolute atomic E-state index is 12.7. The lowest BCUT2D eigenvalue weighted by Gasteiger charge is -2.21. The molecule has 0 unspecified atom stereocenters. The molecule has 0 heterocycles. The van der Waals surface area contributed by atoms with Crippen LogP contribution in [-0.2, 0) is 26.0 Å². The number of hydrogen-bond acceptors (Lipinski definition) is 5. The van der Waals surface area contributed by atoms with Gasteiger partial charge in [-0.2, -0.15) is 0 Å². The van der Waals surface area contributed by atoms with Gasteiger partial charge in [-0.3, -0.25) is 14.5 Å². The third kappa shape index (κ3) is 8.64. The van der Waals surface area contributed by atoms with Gasteiger partial charge in [0.2, 0.25) is 21.8 Å². The molecule has 0 fully saturated rings. The lowest BCUT2D eigenvalue weighted by molar-refractivity contribution is -0.120. The molecule has 3 aromatic rings. The van der Waals surface area contributed by atoms with Gasteiger partial charge < -0.3 is 10.6 Å². The molecule has 35 heavy (non-hydrogen) atoms. The van der Waals surface area contributed by atoms with Gasteiger partial charge in [-0.15, -0.1) is 0 Å². The molecule has 0 saturated carbocycles. The largest absolute Gasteiger partial charge is 0.325 e. The Kier molecular flexibility index (Phi) is 8.75. The molecule has 0 atom stereocenters. The van der Waals surface area contributed by atoms with Gasteiger partial charge in [0.1, 0.15) is 0 Å². The molecule has 3 rings (SSSR count). The lowest BCUT2D eigenvalue weighted by atomic mass is 10.1. The van der Waals surface area contributed by atoms with E-state index < -0.39 is 10.0 Å². The highest BCUT2D eigenvalue weighted by Gasteiger charge is 2.16. The summed E-state index contributed by atoms with van der Waals surface area (Å²) in [6.07, 6.45) is 0.514. The summed E-state index contributed by atoms with van der Waals surface area (Å²) >= 11 is 0. The zero-order valence-electron chi connectivity index (χ0n) is 19.8. The van der Waals surface area contributed by atoms with Crippen LogP contribution in [0.5, 0.6) is 0 Å². The average Bonchev–Trinajstić information content (AvgIpc) is 2.80. The fourth-order valence-corrected chi connectivity index (χ4v) is 3.94. The minimum Gasteiger partial charge on any atom is -0.325 e. The predicted octanol–water partition coefficient (Wildman–Crippen LogP) is 3.07. The minimum atomic E-state index is -3.76. The van der Waals surface area contributed by atoms with E-state index in [9.17, 15) is 18.0 Å². The molecule has 4 N–H and O–H groups in total. The molecule has 0 radical (unpaired) electrons. The van der Waals surface area contributed by atoms with Crippen LogP contribution in [0, 0.1) is 13.8 Å². The van der Waals surface area contributed by atoms with Gasteiger partial charge in [0.25, 0.3) is 0 Å². The van der Waals surface area contributed by atoms with E-state index in [1.54, 1.807) is 17.0 Å². The molecule has 2 amide bonds. The standard InChI is InChI=1S/C26H30N4O4S/c1-19-3-9-22(10-4-19)28-25(31)17-30(18-26(32)29-23-11-5-20(2)6-12-23)16-15-21-7-13-24(14-8-21)35(27,33)34/h3-14H,15-18H2,1-2H3,(H,28,31)(H,29,32)(H2,27,33,34). The zero-order valence-corrected chi connectivity index (χ0v) is 20.6. The third-order valence-corrected chi connectivity index (χ3v) is 6.30. The molecule has 0 aliphatic rings. The summed E-state index contributed by atoms with van der Waals surface area (Å²) in [5.41, 5.74) is 4.41. The number of anilines is 2. The summed E-state index contributed by atoms with van der Waals surface area (Å²) in [7, 11) is -3.76. The lowest BCUT2D eigenvalue weighted by Crippen LogP contribution is -2.40. The normalized spacial score (nSPS) is 11.3. The topological polar surface area (TPSA) is 122 Å². The van der Waals surface area contributed by atoms with Crippen molar-refractivity contribution in [2.24, 2.45) is 5.14 Å². The number of nitrogens with one attached hydrogen (secondary N) is 2. The molecule has 0 saturated heterocycles. The first-order valence-electron chi connectivity index (χ1n) is 11.2. The Morgan fingerprint density at radius 3 is 1.57 bits per heavy atom. The molecule has 9 heteroatoms. The van der Waals surface area contributed by atoms with Crippen LogP contribution < -0.4 is 15.8 Å². The van der Waals surface area contributed by atoms with E-state index in [1.165, 1.54) is 12.1 Å². The van der Waals surface area contributed by atoms with Crippen molar-refractivity contribution >= 4 is 33.2 Å². The first-order valence-corrected chi connectivity index (χ1v) is 12.7. The molecule has 0 bridgehead atoms. The van der Waals surface area contributed by atoms with Crippen LogP contribution in [0.1, 0.15) is 16.7 Å². The number of primary sulfonamides is 1. The molecular weight excluding hydrogens is 464 g/mol. The summed E-state index contributed by atoms with van der Waals surface area (Å²) in [6, 6.07) is 21.2. The maximum Gasteiger partial charge on any atom is 0.238 e. The molecule has 0 aromatic heterocycles. The van der Waals surface area contributed by atoms with Crippen LogP contribution in [0.2, 0.25) is 0 Å². The molecule has 0 aliphatic heterocycles. The summed E-state index contributed by atoms with van der Waals surface area (Å²) < 4.78 is 22.9. The number of nitrogens with zero attached hydrogens (tertiary/aromatic N) is 1. The fraction of sp³-hybridized carbons (Fsp3) is 0.231. The molecule has 184 valence electrons. The molecular formula is C26H30N4O4S. The highest BCUT2D eigenvalue weighted by Crippen LogP contribution is 2.12. The second-order valence-electron chi connectivity index (χ2n) is 8.48. The van der Waals surface area contributed by atoms with E-state index in [2.05, 4.69) is 10.6 Å². The van der Waals surface area contributed by atoms with E-state index in [4.69, 9.17) is 5.14 Å². The van der Waals surface area contributed by atoms with Gasteiger partial charge in [-0.05, 0) is 62.2 Å². The molecule has 0 spiro atoms. The Morgan fingerprint density at radius 2 is 1.17 bits per heavy atom. The second-order valence-corrected chi connectivity index (χ2v) is 10.0. The molecule has 8 nitrogen and oxygen atoms in total. The smallest absolute Gasteiger partial charge is 0.238 e. The third-order valence-electron chi connectivity index (χ3n) is 5.37. The van der Waals surface area contributed by atoms with Crippen LogP contribution in [0.3, 0.4) is 0 Å². The summed E-state index contributed by atoms with van der Waals surface area (Å²) in [6.45, 7) is 4.39. The highest BCUT2D eigenvalue weighted by molar-refractivity contribution is 7.89. The number of nitrogens with two attached hydrogens (primary N) is 1. The van der Waals surface area contributed by atoms with E-state index >= 15 is 0 Å². The number of sulfonamides is 1. The van der Waals surface area contributed by atoms with Crippen LogP contribution >= 0.6 is 0 Å². The average molecular weight is 495 g/mol. The Hall–Kier alpha value is -3.53. The maximum atomic E-state index is 12.7. The monoisotopic (exact) mass is 494 g/mol. The van der Waals surface area contributed by atoms with Crippen molar-refractivity contribution in [2.45, 2.75) is 25.2 Å². The van der Waals surface area contributed by atoms with Gasteiger partial charge in [0.15, 0.2) is 0 Å². The minimum absolute atomic E-state index is 0.0183. The Bertz CT molecular complexity index is 1190. The van der Waals surface area contributed by atoms with Crippen LogP contribution in [0.15, 0.2) is 77.7 Å². The van der Waals surface area contributed by atoms with Crippen molar-refractivity contribution in [3.05, 3.63) is 89.5 Å². The predicted molar refractivity (Wildman–Crippen MR) is 138 cm³/mol. The fourth-order valence-electron chi connectivity index (χ4n) is 3.43. The number of aryl methyl sites for hydroxylation is 2. The van der Waals surface area contributed by atoms with Crippen LogP contribution in [0.25, 0.3) is 0 Å². The number of carbonyl (C=O) groups is 2. The van der Waals surface area contributed by atoms with Crippen molar-refractivity contribution in [2.75, 3.05) is 30.3 Å². The van der Waals surface area contributed by atoms with Crippen LogP contribution in [-0.4, -0.2) is 44.8 Å². The van der Waals surface area contributed by atoms with E-state index in [0.29, 0.717) is 24.3 Å². The van der Waals surface area contributed by atoms with E-state index in [0.717, 1.165) is 16.7 Å². The number of amides is 2. The van der Waals surface area contributed by atoms with Gasteiger partial charge in [0.05, 0.1) is 18.0 Å². The van der Waals surface area contributed by atoms with Gasteiger partial charge >= 0.3 is 0 Å². The number of carbonyl (C=O) groups excluding carboxylic acids is 2. The first-order chi connectivity index (χ1) is 16.6. The summed E-state index contributed by atoms with van der Waals surface area (Å²) in [5, 5.41) is 10.9. The van der Waals surface area contributed by atoms with Crippen molar-refractivity contribution in [3.63, 3.8) is 0 Å². The van der Waals surface area contributed by atoms with Gasteiger partial charge in [-0.1, -0.05) is 47.5 Å².